The molecule has 19 heavy (non-hydrogen) atoms. The van der Waals surface area contributed by atoms with Gasteiger partial charge in [0.15, 0.2) is 0 Å². The fraction of sp³-hybridized carbons (Fsp3) is 0. The molecule has 2 rings (SSSR count). The largest absolute Gasteiger partial charge is 0.329 e. The van der Waals surface area contributed by atoms with Crippen LogP contribution in [-0.2, 0) is 0 Å². The summed E-state index contributed by atoms with van der Waals surface area (Å²) in [5, 5.41) is 13.1. The molecule has 0 fully saturated rings. The summed E-state index contributed by atoms with van der Waals surface area (Å²) < 4.78 is 0. The molecule has 0 unspecified atom stereocenters. The Hall–Kier alpha value is -2.96. The summed E-state index contributed by atoms with van der Waals surface area (Å²) in [5.41, 5.74) is -0.0508. The van der Waals surface area contributed by atoms with Gasteiger partial charge in [-0.3, -0.25) is 19.7 Å². The number of rotatable bonds is 3. The van der Waals surface area contributed by atoms with Crippen molar-refractivity contribution in [2.75, 3.05) is 5.32 Å². The second kappa shape index (κ2) is 5.13. The maximum atomic E-state index is 11.8. The van der Waals surface area contributed by atoms with E-state index in [1.165, 1.54) is 36.5 Å². The molecule has 96 valence electrons. The van der Waals surface area contributed by atoms with Gasteiger partial charge in [-0.2, -0.15) is 0 Å². The molecule has 1 amide bonds. The number of carbonyl (C=O) groups is 1. The van der Waals surface area contributed by atoms with Crippen LogP contribution in [0.15, 0.2) is 47.4 Å². The summed E-state index contributed by atoms with van der Waals surface area (Å²) in [6.07, 6.45) is 1.35. The van der Waals surface area contributed by atoms with Crippen molar-refractivity contribution in [2.45, 2.75) is 0 Å². The van der Waals surface area contributed by atoms with Gasteiger partial charge in [0.1, 0.15) is 0 Å². The third kappa shape index (κ3) is 3.03. The molecule has 0 saturated heterocycles. The highest BCUT2D eigenvalue weighted by atomic mass is 16.6. The van der Waals surface area contributed by atoms with E-state index in [2.05, 4.69) is 10.3 Å². The van der Waals surface area contributed by atoms with Crippen molar-refractivity contribution in [3.63, 3.8) is 0 Å². The molecule has 1 aromatic carbocycles. The van der Waals surface area contributed by atoms with Gasteiger partial charge in [0.2, 0.25) is 5.56 Å². The van der Waals surface area contributed by atoms with Gasteiger partial charge in [-0.05, 0) is 12.1 Å². The lowest BCUT2D eigenvalue weighted by Crippen LogP contribution is -2.15. The summed E-state index contributed by atoms with van der Waals surface area (Å²) in [6, 6.07) is 8.14. The summed E-state index contributed by atoms with van der Waals surface area (Å²) in [4.78, 5) is 35.3. The summed E-state index contributed by atoms with van der Waals surface area (Å²) in [5.74, 6) is -0.508. The predicted molar refractivity (Wildman–Crippen MR) is 68.1 cm³/mol. The highest BCUT2D eigenvalue weighted by Gasteiger charge is 2.09. The zero-order chi connectivity index (χ0) is 13.8. The molecule has 1 heterocycles. The average Bonchev–Trinajstić information content (AvgIpc) is 2.39. The fourth-order valence-electron chi connectivity index (χ4n) is 1.49. The Morgan fingerprint density at radius 1 is 1.26 bits per heavy atom. The Bertz CT molecular complexity index is 693. The lowest BCUT2D eigenvalue weighted by atomic mass is 10.2. The van der Waals surface area contributed by atoms with Crippen molar-refractivity contribution >= 4 is 17.3 Å². The zero-order valence-electron chi connectivity index (χ0n) is 9.62. The zero-order valence-corrected chi connectivity index (χ0v) is 9.62. The first kappa shape index (κ1) is 12.5. The molecule has 0 aliphatic rings. The van der Waals surface area contributed by atoms with E-state index in [9.17, 15) is 19.7 Å². The van der Waals surface area contributed by atoms with Crippen LogP contribution in [0.2, 0.25) is 0 Å². The van der Waals surface area contributed by atoms with E-state index in [4.69, 9.17) is 0 Å². The number of aromatic amines is 1. The monoisotopic (exact) mass is 259 g/mol. The minimum atomic E-state index is -0.553. The number of nitrogens with one attached hydrogen (secondary N) is 2. The molecular formula is C12H9N3O4. The number of nitrogens with zero attached hydrogens (tertiary/aromatic N) is 1. The summed E-state index contributed by atoms with van der Waals surface area (Å²) in [6.45, 7) is 0. The van der Waals surface area contributed by atoms with Gasteiger partial charge in [-0.25, -0.2) is 0 Å². The quantitative estimate of drug-likeness (QED) is 0.644. The smallest absolute Gasteiger partial charge is 0.271 e. The highest BCUT2D eigenvalue weighted by molar-refractivity contribution is 6.04. The molecule has 0 aliphatic heterocycles. The third-order valence-electron chi connectivity index (χ3n) is 2.35. The second-order valence-corrected chi connectivity index (χ2v) is 3.70. The Morgan fingerprint density at radius 2 is 2.05 bits per heavy atom. The van der Waals surface area contributed by atoms with Gasteiger partial charge in [0.05, 0.1) is 4.92 Å². The lowest BCUT2D eigenvalue weighted by Gasteiger charge is -2.04. The second-order valence-electron chi connectivity index (χ2n) is 3.70. The van der Waals surface area contributed by atoms with E-state index in [-0.39, 0.29) is 11.3 Å². The van der Waals surface area contributed by atoms with Gasteiger partial charge in [-0.1, -0.05) is 6.07 Å². The van der Waals surface area contributed by atoms with E-state index in [0.29, 0.717) is 5.69 Å². The van der Waals surface area contributed by atoms with Crippen LogP contribution in [0, 0.1) is 10.1 Å². The maximum absolute atomic E-state index is 11.8. The van der Waals surface area contributed by atoms with Crippen LogP contribution in [0.25, 0.3) is 0 Å². The molecule has 0 bridgehead atoms. The Balaban J connectivity index is 2.22. The van der Waals surface area contributed by atoms with E-state index >= 15 is 0 Å². The van der Waals surface area contributed by atoms with Gasteiger partial charge < -0.3 is 10.3 Å². The number of hydrogen-bond donors (Lipinski definition) is 2. The number of hydrogen-bond acceptors (Lipinski definition) is 4. The molecule has 1 aromatic heterocycles. The van der Waals surface area contributed by atoms with Crippen LogP contribution in [0.4, 0.5) is 11.4 Å². The number of nitro groups is 1. The molecular weight excluding hydrogens is 250 g/mol. The number of aromatic nitrogens is 1. The molecule has 0 aliphatic carbocycles. The van der Waals surface area contributed by atoms with E-state index in [0.717, 1.165) is 6.07 Å². The summed E-state index contributed by atoms with van der Waals surface area (Å²) >= 11 is 0. The van der Waals surface area contributed by atoms with Gasteiger partial charge in [0, 0.05) is 35.6 Å². The minimum Gasteiger partial charge on any atom is -0.329 e. The molecule has 2 aromatic rings. The van der Waals surface area contributed by atoms with Crippen molar-refractivity contribution in [2.24, 2.45) is 0 Å². The first-order valence-electron chi connectivity index (χ1n) is 5.31. The Morgan fingerprint density at radius 3 is 2.74 bits per heavy atom. The Kier molecular flexibility index (Phi) is 3.37. The topological polar surface area (TPSA) is 105 Å². The van der Waals surface area contributed by atoms with Crippen LogP contribution in [0.3, 0.4) is 0 Å². The van der Waals surface area contributed by atoms with E-state index in [1.54, 1.807) is 0 Å². The normalized spacial score (nSPS) is 9.89. The number of non-ortho nitro benzene ring substituents is 1. The van der Waals surface area contributed by atoms with Crippen molar-refractivity contribution in [1.82, 2.24) is 4.98 Å². The predicted octanol–water partition coefficient (Wildman–Crippen LogP) is 1.54. The van der Waals surface area contributed by atoms with Crippen molar-refractivity contribution in [3.8, 4) is 0 Å². The molecule has 0 radical (unpaired) electrons. The molecule has 7 nitrogen and oxygen atoms in total. The lowest BCUT2D eigenvalue weighted by molar-refractivity contribution is -0.384. The SMILES string of the molecule is O=C(Nc1cccc([N+](=O)[O-])c1)c1cc[nH]c(=O)c1. The van der Waals surface area contributed by atoms with E-state index in [1.807, 2.05) is 0 Å². The number of benzene rings is 1. The molecule has 2 N–H and O–H groups in total. The number of nitro benzene ring substituents is 1. The van der Waals surface area contributed by atoms with Crippen LogP contribution in [0.1, 0.15) is 10.4 Å². The van der Waals surface area contributed by atoms with E-state index < -0.39 is 16.4 Å². The first-order valence-corrected chi connectivity index (χ1v) is 5.31. The highest BCUT2D eigenvalue weighted by Crippen LogP contribution is 2.17. The molecule has 0 atom stereocenters. The van der Waals surface area contributed by atoms with Crippen molar-refractivity contribution in [3.05, 3.63) is 68.6 Å². The van der Waals surface area contributed by atoms with Gasteiger partial charge in [-0.15, -0.1) is 0 Å². The van der Waals surface area contributed by atoms with Crippen LogP contribution < -0.4 is 10.9 Å². The number of carbonyl (C=O) groups excluding carboxylic acids is 1. The maximum Gasteiger partial charge on any atom is 0.271 e. The third-order valence-corrected chi connectivity index (χ3v) is 2.35. The van der Waals surface area contributed by atoms with Crippen LogP contribution >= 0.6 is 0 Å². The van der Waals surface area contributed by atoms with Crippen molar-refractivity contribution in [1.29, 1.82) is 0 Å². The summed E-state index contributed by atoms with van der Waals surface area (Å²) in [7, 11) is 0. The molecule has 0 spiro atoms. The van der Waals surface area contributed by atoms with Crippen LogP contribution in [0.5, 0.6) is 0 Å². The number of amides is 1. The fourth-order valence-corrected chi connectivity index (χ4v) is 1.49. The number of H-pyrrole nitrogens is 1. The first-order chi connectivity index (χ1) is 9.06. The molecule has 7 heteroatoms. The minimum absolute atomic E-state index is 0.122. The number of anilines is 1. The average molecular weight is 259 g/mol. The standard InChI is InChI=1S/C12H9N3O4/c16-11-6-8(4-5-13-11)12(17)14-9-2-1-3-10(7-9)15(18)19/h1-7H,(H,13,16)(H,14,17). The number of pyridine rings is 1. The Labute approximate surface area is 107 Å². The van der Waals surface area contributed by atoms with Crippen molar-refractivity contribution < 1.29 is 9.72 Å². The van der Waals surface area contributed by atoms with Crippen LogP contribution in [-0.4, -0.2) is 15.8 Å². The van der Waals surface area contributed by atoms with Gasteiger partial charge in [0.25, 0.3) is 11.6 Å². The molecule has 0 saturated carbocycles. The van der Waals surface area contributed by atoms with Gasteiger partial charge >= 0.3 is 0 Å².